The van der Waals surface area contributed by atoms with Gasteiger partial charge < -0.3 is 15.7 Å². The van der Waals surface area contributed by atoms with Crippen molar-refractivity contribution in [3.8, 4) is 0 Å². The third kappa shape index (κ3) is 5.19. The van der Waals surface area contributed by atoms with Crippen LogP contribution in [0.3, 0.4) is 0 Å². The van der Waals surface area contributed by atoms with Crippen molar-refractivity contribution < 1.29 is 9.90 Å². The summed E-state index contributed by atoms with van der Waals surface area (Å²) in [5.41, 5.74) is 0. The van der Waals surface area contributed by atoms with Gasteiger partial charge in [0.1, 0.15) is 0 Å². The van der Waals surface area contributed by atoms with E-state index in [4.69, 9.17) is 5.11 Å². The third-order valence-corrected chi connectivity index (χ3v) is 2.14. The molecule has 0 saturated heterocycles. The van der Waals surface area contributed by atoms with Crippen molar-refractivity contribution >= 4 is 5.91 Å². The highest BCUT2D eigenvalue weighted by Gasteiger charge is 2.15. The second-order valence-corrected chi connectivity index (χ2v) is 3.47. The molecule has 4 nitrogen and oxygen atoms in total. The number of carbonyl (C=O) groups is 1. The molecule has 2 atom stereocenters. The summed E-state index contributed by atoms with van der Waals surface area (Å²) in [6.07, 6.45) is 1.76. The number of aliphatic hydroxyl groups is 1. The number of nitrogens with one attached hydrogen (secondary N) is 2. The second kappa shape index (κ2) is 7.76. The molecule has 0 aliphatic rings. The number of rotatable bonds is 7. The number of hydrogen-bond acceptors (Lipinski definition) is 3. The highest BCUT2D eigenvalue weighted by Crippen LogP contribution is 1.92. The molecule has 3 N–H and O–H groups in total. The molecule has 0 aromatic carbocycles. The van der Waals surface area contributed by atoms with E-state index >= 15 is 0 Å². The molecule has 0 heterocycles. The van der Waals surface area contributed by atoms with Crippen molar-refractivity contribution in [1.82, 2.24) is 10.6 Å². The van der Waals surface area contributed by atoms with Crippen LogP contribution in [0.15, 0.2) is 0 Å². The molecule has 0 fully saturated rings. The Labute approximate surface area is 86.1 Å². The van der Waals surface area contributed by atoms with E-state index in [0.717, 1.165) is 12.8 Å². The van der Waals surface area contributed by atoms with Gasteiger partial charge in [-0.1, -0.05) is 13.8 Å². The Balaban J connectivity index is 3.81. The van der Waals surface area contributed by atoms with E-state index in [1.54, 1.807) is 0 Å². The molecule has 84 valence electrons. The summed E-state index contributed by atoms with van der Waals surface area (Å²) in [5, 5.41) is 14.8. The molecule has 0 aliphatic carbocycles. The zero-order chi connectivity index (χ0) is 11.0. The Hall–Kier alpha value is -0.610. The largest absolute Gasteiger partial charge is 0.395 e. The van der Waals surface area contributed by atoms with E-state index in [2.05, 4.69) is 10.6 Å². The van der Waals surface area contributed by atoms with Gasteiger partial charge >= 0.3 is 0 Å². The molecule has 0 spiro atoms. The standard InChI is InChI=1S/C10H22N2O2/c1-4-6-11-10(14)8(3)12-9(5-2)7-13/h8-9,12-13H,4-7H2,1-3H3,(H,11,14). The first kappa shape index (κ1) is 13.4. The number of carbonyl (C=O) groups excluding carboxylic acids is 1. The van der Waals surface area contributed by atoms with Gasteiger partial charge in [0.15, 0.2) is 0 Å². The van der Waals surface area contributed by atoms with Crippen LogP contribution in [0.4, 0.5) is 0 Å². The lowest BCUT2D eigenvalue weighted by atomic mass is 10.2. The van der Waals surface area contributed by atoms with Gasteiger partial charge in [-0.2, -0.15) is 0 Å². The van der Waals surface area contributed by atoms with Gasteiger partial charge in [-0.25, -0.2) is 0 Å². The van der Waals surface area contributed by atoms with Gasteiger partial charge in [0.2, 0.25) is 5.91 Å². The van der Waals surface area contributed by atoms with Crippen LogP contribution in [0.2, 0.25) is 0 Å². The lowest BCUT2D eigenvalue weighted by Crippen LogP contribution is -2.47. The minimum atomic E-state index is -0.237. The van der Waals surface area contributed by atoms with Crippen LogP contribution in [-0.4, -0.2) is 36.2 Å². The fourth-order valence-corrected chi connectivity index (χ4v) is 1.13. The van der Waals surface area contributed by atoms with Crippen LogP contribution < -0.4 is 10.6 Å². The van der Waals surface area contributed by atoms with Crippen LogP contribution in [0.5, 0.6) is 0 Å². The summed E-state index contributed by atoms with van der Waals surface area (Å²) in [6.45, 7) is 6.58. The maximum absolute atomic E-state index is 11.4. The second-order valence-electron chi connectivity index (χ2n) is 3.47. The number of aliphatic hydroxyl groups excluding tert-OH is 1. The molecule has 0 rings (SSSR count). The Morgan fingerprint density at radius 1 is 1.43 bits per heavy atom. The maximum atomic E-state index is 11.4. The van der Waals surface area contributed by atoms with E-state index in [9.17, 15) is 4.79 Å². The Morgan fingerprint density at radius 3 is 2.50 bits per heavy atom. The van der Waals surface area contributed by atoms with Crippen LogP contribution in [0.25, 0.3) is 0 Å². The molecule has 1 amide bonds. The lowest BCUT2D eigenvalue weighted by Gasteiger charge is -2.19. The van der Waals surface area contributed by atoms with Crippen molar-refractivity contribution in [3.63, 3.8) is 0 Å². The smallest absolute Gasteiger partial charge is 0.236 e. The minimum Gasteiger partial charge on any atom is -0.395 e. The SMILES string of the molecule is CCCNC(=O)C(C)NC(CC)CO. The van der Waals surface area contributed by atoms with E-state index in [0.29, 0.717) is 6.54 Å². The van der Waals surface area contributed by atoms with E-state index in [1.807, 2.05) is 20.8 Å². The van der Waals surface area contributed by atoms with E-state index in [1.165, 1.54) is 0 Å². The fraction of sp³-hybridized carbons (Fsp3) is 0.900. The van der Waals surface area contributed by atoms with Crippen LogP contribution in [0.1, 0.15) is 33.6 Å². The summed E-state index contributed by atoms with van der Waals surface area (Å²) < 4.78 is 0. The average Bonchev–Trinajstić information content (AvgIpc) is 2.21. The molecule has 0 bridgehead atoms. The molecule has 0 saturated carbocycles. The number of amides is 1. The van der Waals surface area contributed by atoms with Crippen molar-refractivity contribution in [2.24, 2.45) is 0 Å². The summed E-state index contributed by atoms with van der Waals surface area (Å²) in [6, 6.07) is -0.226. The first-order chi connectivity index (χ1) is 6.65. The zero-order valence-electron chi connectivity index (χ0n) is 9.34. The van der Waals surface area contributed by atoms with Crippen LogP contribution in [0, 0.1) is 0 Å². The van der Waals surface area contributed by atoms with Gasteiger partial charge in [0.25, 0.3) is 0 Å². The average molecular weight is 202 g/mol. The normalized spacial score (nSPS) is 14.9. The van der Waals surface area contributed by atoms with Crippen molar-refractivity contribution in [2.45, 2.75) is 45.7 Å². The molecule has 0 radical (unpaired) electrons. The van der Waals surface area contributed by atoms with Crippen molar-refractivity contribution in [2.75, 3.05) is 13.2 Å². The Kier molecular flexibility index (Phi) is 7.42. The summed E-state index contributed by atoms with van der Waals surface area (Å²) in [4.78, 5) is 11.4. The van der Waals surface area contributed by atoms with Gasteiger partial charge in [-0.05, 0) is 19.8 Å². The summed E-state index contributed by atoms with van der Waals surface area (Å²) >= 11 is 0. The Bertz CT molecular complexity index is 158. The van der Waals surface area contributed by atoms with Crippen LogP contribution >= 0.6 is 0 Å². The molecule has 4 heteroatoms. The minimum absolute atomic E-state index is 0.00116. The predicted molar refractivity (Wildman–Crippen MR) is 57.1 cm³/mol. The third-order valence-electron chi connectivity index (χ3n) is 2.14. The van der Waals surface area contributed by atoms with Gasteiger partial charge in [0, 0.05) is 12.6 Å². The van der Waals surface area contributed by atoms with E-state index < -0.39 is 0 Å². The van der Waals surface area contributed by atoms with E-state index in [-0.39, 0.29) is 24.6 Å². The molecule has 2 unspecified atom stereocenters. The molecule has 0 aliphatic heterocycles. The summed E-state index contributed by atoms with van der Waals surface area (Å²) in [7, 11) is 0. The van der Waals surface area contributed by atoms with Gasteiger partial charge in [-0.15, -0.1) is 0 Å². The first-order valence-electron chi connectivity index (χ1n) is 5.30. The molecular formula is C10H22N2O2. The van der Waals surface area contributed by atoms with Crippen molar-refractivity contribution in [3.05, 3.63) is 0 Å². The van der Waals surface area contributed by atoms with Gasteiger partial charge in [0.05, 0.1) is 12.6 Å². The Morgan fingerprint density at radius 2 is 2.07 bits per heavy atom. The topological polar surface area (TPSA) is 61.4 Å². The van der Waals surface area contributed by atoms with Crippen molar-refractivity contribution in [1.29, 1.82) is 0 Å². The highest BCUT2D eigenvalue weighted by molar-refractivity contribution is 5.81. The molecule has 0 aromatic heterocycles. The maximum Gasteiger partial charge on any atom is 0.236 e. The molecule has 0 aromatic rings. The lowest BCUT2D eigenvalue weighted by molar-refractivity contribution is -0.123. The first-order valence-corrected chi connectivity index (χ1v) is 5.30. The number of hydrogen-bond donors (Lipinski definition) is 3. The van der Waals surface area contributed by atoms with Crippen LogP contribution in [-0.2, 0) is 4.79 Å². The molecule has 14 heavy (non-hydrogen) atoms. The highest BCUT2D eigenvalue weighted by atomic mass is 16.3. The molecular weight excluding hydrogens is 180 g/mol. The fourth-order valence-electron chi connectivity index (χ4n) is 1.13. The van der Waals surface area contributed by atoms with Gasteiger partial charge in [-0.3, -0.25) is 4.79 Å². The quantitative estimate of drug-likeness (QED) is 0.555. The predicted octanol–water partition coefficient (Wildman–Crippen LogP) is 0.262. The zero-order valence-corrected chi connectivity index (χ0v) is 9.34. The summed E-state index contributed by atoms with van der Waals surface area (Å²) in [5.74, 6) is -0.00116. The monoisotopic (exact) mass is 202 g/mol.